The molecule has 2 fully saturated rings. The molecule has 0 aliphatic carbocycles. The number of carbonyl (C=O) groups excluding carboxylic acids is 1. The van der Waals surface area contributed by atoms with E-state index in [4.69, 9.17) is 0 Å². The molecule has 2 aliphatic heterocycles. The van der Waals surface area contributed by atoms with Gasteiger partial charge in [-0.1, -0.05) is 36.4 Å². The maximum atomic E-state index is 13.9. The van der Waals surface area contributed by atoms with Gasteiger partial charge in [0.05, 0.1) is 5.92 Å². The number of aromatic nitrogens is 1. The predicted molar refractivity (Wildman–Crippen MR) is 145 cm³/mol. The molecule has 0 radical (unpaired) electrons. The molecular formula is C29H34N4O3S. The van der Waals surface area contributed by atoms with Crippen LogP contribution in [0.5, 0.6) is 0 Å². The Bertz CT molecular complexity index is 1390. The van der Waals surface area contributed by atoms with E-state index in [1.54, 1.807) is 18.3 Å². The van der Waals surface area contributed by atoms with Gasteiger partial charge in [0.15, 0.2) is 0 Å². The average molecular weight is 519 g/mol. The molecule has 1 amide bonds. The monoisotopic (exact) mass is 518 g/mol. The fourth-order valence-electron chi connectivity index (χ4n) is 5.64. The summed E-state index contributed by atoms with van der Waals surface area (Å²) < 4.78 is 28.4. The average Bonchev–Trinajstić information content (AvgIpc) is 3.37. The van der Waals surface area contributed by atoms with E-state index in [-0.39, 0.29) is 29.8 Å². The van der Waals surface area contributed by atoms with Crippen LogP contribution in [0.4, 0.5) is 5.69 Å². The SMILES string of the molecule is Cc1ccc(C)c(N2CCN(C(=O)[C@@H]3CN(S(=O)(=O)c4cccnc4)C[C@H]3c3ccccc3C)CC2)c1. The van der Waals surface area contributed by atoms with Crippen LogP contribution in [0.3, 0.4) is 0 Å². The maximum Gasteiger partial charge on any atom is 0.244 e. The quantitative estimate of drug-likeness (QED) is 0.514. The molecular weight excluding hydrogens is 484 g/mol. The minimum atomic E-state index is -3.75. The summed E-state index contributed by atoms with van der Waals surface area (Å²) in [7, 11) is -3.75. The number of amides is 1. The summed E-state index contributed by atoms with van der Waals surface area (Å²) in [5, 5.41) is 0. The third-order valence-corrected chi connectivity index (χ3v) is 9.58. The molecule has 37 heavy (non-hydrogen) atoms. The Kier molecular flexibility index (Phi) is 7.05. The minimum absolute atomic E-state index is 0.0396. The van der Waals surface area contributed by atoms with Crippen molar-refractivity contribution in [1.82, 2.24) is 14.2 Å². The molecule has 0 unspecified atom stereocenters. The van der Waals surface area contributed by atoms with Crippen LogP contribution in [0, 0.1) is 26.7 Å². The normalized spacial score (nSPS) is 20.8. The summed E-state index contributed by atoms with van der Waals surface area (Å²) in [6.45, 7) is 9.46. The first-order valence-electron chi connectivity index (χ1n) is 12.8. The van der Waals surface area contributed by atoms with Crippen LogP contribution in [0.15, 0.2) is 71.9 Å². The fraction of sp³-hybridized carbons (Fsp3) is 0.379. The number of benzene rings is 2. The number of pyridine rings is 1. The van der Waals surface area contributed by atoms with Gasteiger partial charge < -0.3 is 9.80 Å². The smallest absolute Gasteiger partial charge is 0.244 e. The third kappa shape index (κ3) is 5.00. The Morgan fingerprint density at radius 2 is 1.65 bits per heavy atom. The zero-order valence-electron chi connectivity index (χ0n) is 21.7. The van der Waals surface area contributed by atoms with Crippen LogP contribution >= 0.6 is 0 Å². The largest absolute Gasteiger partial charge is 0.368 e. The fourth-order valence-corrected chi connectivity index (χ4v) is 7.10. The van der Waals surface area contributed by atoms with Gasteiger partial charge in [-0.15, -0.1) is 0 Å². The number of hydrogen-bond acceptors (Lipinski definition) is 5. The second-order valence-corrected chi connectivity index (χ2v) is 12.1. The number of hydrogen-bond donors (Lipinski definition) is 0. The number of piperazine rings is 1. The first-order chi connectivity index (χ1) is 17.8. The van der Waals surface area contributed by atoms with Crippen molar-refractivity contribution in [3.8, 4) is 0 Å². The minimum Gasteiger partial charge on any atom is -0.368 e. The maximum absolute atomic E-state index is 13.9. The molecule has 2 saturated heterocycles. The summed E-state index contributed by atoms with van der Waals surface area (Å²) in [6, 6.07) is 17.6. The lowest BCUT2D eigenvalue weighted by Gasteiger charge is -2.38. The molecule has 0 bridgehead atoms. The molecule has 0 N–H and O–H groups in total. The van der Waals surface area contributed by atoms with Crippen LogP contribution < -0.4 is 4.90 Å². The number of aryl methyl sites for hydroxylation is 3. The van der Waals surface area contributed by atoms with Crippen molar-refractivity contribution in [3.63, 3.8) is 0 Å². The molecule has 1 aromatic heterocycles. The van der Waals surface area contributed by atoms with E-state index in [1.165, 1.54) is 27.3 Å². The number of sulfonamides is 1. The van der Waals surface area contributed by atoms with Crippen molar-refractivity contribution in [2.75, 3.05) is 44.2 Å². The van der Waals surface area contributed by atoms with Gasteiger partial charge in [0.25, 0.3) is 0 Å². The molecule has 3 aromatic rings. The first kappa shape index (κ1) is 25.4. The molecule has 8 heteroatoms. The highest BCUT2D eigenvalue weighted by Gasteiger charge is 2.45. The number of nitrogens with zero attached hydrogens (tertiary/aromatic N) is 4. The molecule has 3 heterocycles. The van der Waals surface area contributed by atoms with Crippen molar-refractivity contribution in [2.24, 2.45) is 5.92 Å². The van der Waals surface area contributed by atoms with Crippen LogP contribution in [0.1, 0.15) is 28.2 Å². The van der Waals surface area contributed by atoms with Crippen molar-refractivity contribution >= 4 is 21.6 Å². The second-order valence-electron chi connectivity index (χ2n) is 10.2. The highest BCUT2D eigenvalue weighted by molar-refractivity contribution is 7.89. The van der Waals surface area contributed by atoms with Gasteiger partial charge in [0, 0.05) is 63.3 Å². The van der Waals surface area contributed by atoms with Crippen LogP contribution in [0.25, 0.3) is 0 Å². The number of rotatable bonds is 5. The van der Waals surface area contributed by atoms with E-state index in [9.17, 15) is 13.2 Å². The first-order valence-corrected chi connectivity index (χ1v) is 14.3. The van der Waals surface area contributed by atoms with Gasteiger partial charge in [0.1, 0.15) is 4.90 Å². The van der Waals surface area contributed by atoms with Crippen molar-refractivity contribution in [1.29, 1.82) is 0 Å². The van der Waals surface area contributed by atoms with Crippen molar-refractivity contribution in [3.05, 3.63) is 89.2 Å². The van der Waals surface area contributed by atoms with Crippen molar-refractivity contribution in [2.45, 2.75) is 31.6 Å². The van der Waals surface area contributed by atoms with Gasteiger partial charge in [-0.25, -0.2) is 8.42 Å². The van der Waals surface area contributed by atoms with Gasteiger partial charge in [0.2, 0.25) is 15.9 Å². The van der Waals surface area contributed by atoms with Gasteiger partial charge >= 0.3 is 0 Å². The van der Waals surface area contributed by atoms with Crippen LogP contribution in [0.2, 0.25) is 0 Å². The molecule has 2 aliphatic rings. The lowest BCUT2D eigenvalue weighted by Crippen LogP contribution is -2.51. The zero-order valence-corrected chi connectivity index (χ0v) is 22.5. The highest BCUT2D eigenvalue weighted by Crippen LogP contribution is 2.38. The lowest BCUT2D eigenvalue weighted by molar-refractivity contribution is -0.135. The number of carbonyl (C=O) groups is 1. The third-order valence-electron chi connectivity index (χ3n) is 7.76. The summed E-state index contributed by atoms with van der Waals surface area (Å²) in [4.78, 5) is 22.4. The van der Waals surface area contributed by atoms with E-state index in [1.807, 2.05) is 36.1 Å². The van der Waals surface area contributed by atoms with E-state index >= 15 is 0 Å². The molecule has 5 rings (SSSR count). The summed E-state index contributed by atoms with van der Waals surface area (Å²) in [6.07, 6.45) is 2.93. The highest BCUT2D eigenvalue weighted by atomic mass is 32.2. The Balaban J connectivity index is 1.38. The molecule has 194 valence electrons. The molecule has 0 spiro atoms. The molecule has 2 aromatic carbocycles. The Morgan fingerprint density at radius 3 is 2.35 bits per heavy atom. The van der Waals surface area contributed by atoms with Crippen molar-refractivity contribution < 1.29 is 13.2 Å². The van der Waals surface area contributed by atoms with Crippen LogP contribution in [-0.4, -0.2) is 67.8 Å². The summed E-state index contributed by atoms with van der Waals surface area (Å²) in [5.74, 6) is -0.588. The van der Waals surface area contributed by atoms with E-state index < -0.39 is 15.9 Å². The Labute approximate surface area is 219 Å². The van der Waals surface area contributed by atoms with Gasteiger partial charge in [-0.3, -0.25) is 9.78 Å². The predicted octanol–water partition coefficient (Wildman–Crippen LogP) is 3.76. The number of anilines is 1. The summed E-state index contributed by atoms with van der Waals surface area (Å²) >= 11 is 0. The molecule has 2 atom stereocenters. The van der Waals surface area contributed by atoms with Gasteiger partial charge in [-0.05, 0) is 61.2 Å². The van der Waals surface area contributed by atoms with E-state index in [0.29, 0.717) is 13.1 Å². The zero-order chi connectivity index (χ0) is 26.2. The van der Waals surface area contributed by atoms with Crippen LogP contribution in [-0.2, 0) is 14.8 Å². The Hall–Kier alpha value is -3.23. The molecule has 7 nitrogen and oxygen atoms in total. The standard InChI is InChI=1S/C29H34N4O3S/c1-21-10-11-23(3)28(17-21)31-13-15-32(16-14-31)29(34)27-20-33(37(35,36)24-8-6-12-30-18-24)19-26(27)25-9-5-4-7-22(25)2/h4-12,17-18,26-27H,13-16,19-20H2,1-3H3/t26-,27+/m0/s1. The van der Waals surface area contributed by atoms with Gasteiger partial charge in [-0.2, -0.15) is 4.31 Å². The van der Waals surface area contributed by atoms with E-state index in [2.05, 4.69) is 41.9 Å². The Morgan fingerprint density at radius 1 is 0.892 bits per heavy atom. The topological polar surface area (TPSA) is 73.8 Å². The lowest BCUT2D eigenvalue weighted by atomic mass is 9.85. The molecule has 0 saturated carbocycles. The van der Waals surface area contributed by atoms with E-state index in [0.717, 1.165) is 24.2 Å². The summed E-state index contributed by atoms with van der Waals surface area (Å²) in [5.41, 5.74) is 5.79. The second kappa shape index (κ2) is 10.3.